The summed E-state index contributed by atoms with van der Waals surface area (Å²) in [5.41, 5.74) is 1.12. The number of rotatable bonds is 3. The minimum atomic E-state index is -0.293. The second-order valence-corrected chi connectivity index (χ2v) is 6.71. The Balaban J connectivity index is 2.17. The monoisotopic (exact) mass is 264 g/mol. The molecule has 0 amide bonds. The predicted molar refractivity (Wildman–Crippen MR) is 78.9 cm³/mol. The lowest BCUT2D eigenvalue weighted by molar-refractivity contribution is 0.0534. The molecule has 3 atom stereocenters. The summed E-state index contributed by atoms with van der Waals surface area (Å²) in [6, 6.07) is 8.28. The van der Waals surface area contributed by atoms with E-state index in [1.807, 2.05) is 12.1 Å². The fourth-order valence-electron chi connectivity index (χ4n) is 3.43. The zero-order valence-corrected chi connectivity index (χ0v) is 12.4. The quantitative estimate of drug-likeness (QED) is 0.810. The molecule has 2 heteroatoms. The maximum absolute atomic E-state index is 10.7. The molecule has 1 nitrogen and oxygen atoms in total. The summed E-state index contributed by atoms with van der Waals surface area (Å²) in [7, 11) is 0. The van der Waals surface area contributed by atoms with Gasteiger partial charge in [0.05, 0.1) is 6.10 Å². The summed E-state index contributed by atoms with van der Waals surface area (Å²) < 4.78 is 0. The van der Waals surface area contributed by atoms with E-state index in [1.165, 1.54) is 11.3 Å². The van der Waals surface area contributed by atoms with Gasteiger partial charge in [-0.05, 0) is 54.9 Å². The maximum atomic E-state index is 10.7. The fraction of sp³-hybridized carbons (Fsp3) is 0.625. The van der Waals surface area contributed by atoms with E-state index in [0.29, 0.717) is 5.92 Å². The fourth-order valence-corrected chi connectivity index (χ4v) is 4.07. The lowest BCUT2D eigenvalue weighted by Gasteiger charge is -2.35. The Labute approximate surface area is 115 Å². The van der Waals surface area contributed by atoms with Crippen molar-refractivity contribution in [3.8, 4) is 0 Å². The Hall–Kier alpha value is -0.470. The molecule has 1 aromatic rings. The Morgan fingerprint density at radius 1 is 1.11 bits per heavy atom. The van der Waals surface area contributed by atoms with Crippen LogP contribution in [0.2, 0.25) is 0 Å². The van der Waals surface area contributed by atoms with Crippen LogP contribution in [0.25, 0.3) is 0 Å². The molecule has 0 heterocycles. The van der Waals surface area contributed by atoms with Crippen LogP contribution in [-0.2, 0) is 0 Å². The van der Waals surface area contributed by atoms with Gasteiger partial charge >= 0.3 is 0 Å². The first-order valence-electron chi connectivity index (χ1n) is 6.92. The first kappa shape index (κ1) is 14.0. The zero-order chi connectivity index (χ0) is 13.1. The van der Waals surface area contributed by atoms with Gasteiger partial charge < -0.3 is 5.11 Å². The van der Waals surface area contributed by atoms with E-state index in [1.54, 1.807) is 11.8 Å². The molecule has 0 aliphatic heterocycles. The number of benzene rings is 1. The number of hydrogen-bond donors (Lipinski definition) is 1. The summed E-state index contributed by atoms with van der Waals surface area (Å²) in [5, 5.41) is 10.7. The molecule has 0 bridgehead atoms. The minimum absolute atomic E-state index is 0.293. The number of thioether (sulfide) groups is 1. The van der Waals surface area contributed by atoms with Crippen molar-refractivity contribution in [2.75, 3.05) is 6.26 Å². The van der Waals surface area contributed by atoms with Gasteiger partial charge in [-0.2, -0.15) is 0 Å². The molecule has 1 aliphatic carbocycles. The van der Waals surface area contributed by atoms with Crippen LogP contribution in [0.1, 0.15) is 44.8 Å². The topological polar surface area (TPSA) is 20.2 Å². The molecule has 0 radical (unpaired) electrons. The maximum Gasteiger partial charge on any atom is 0.0829 e. The summed E-state index contributed by atoms with van der Waals surface area (Å²) in [5.74, 6) is 1.92. The summed E-state index contributed by atoms with van der Waals surface area (Å²) in [6.07, 6.45) is 5.42. The van der Waals surface area contributed by atoms with Crippen molar-refractivity contribution in [3.05, 3.63) is 29.8 Å². The van der Waals surface area contributed by atoms with Gasteiger partial charge in [0.25, 0.3) is 0 Å². The standard InChI is InChI=1S/C16H24OS/c1-11-8-12(2)10-13(9-11)16(17)14-6-4-5-7-15(14)18-3/h4-7,11-13,16-17H,8-10H2,1-3H3. The normalized spacial score (nSPS) is 30.1. The second kappa shape index (κ2) is 6.12. The van der Waals surface area contributed by atoms with Gasteiger partial charge in [-0.25, -0.2) is 0 Å². The molecule has 1 N–H and O–H groups in total. The van der Waals surface area contributed by atoms with Crippen LogP contribution in [0.15, 0.2) is 29.2 Å². The highest BCUT2D eigenvalue weighted by molar-refractivity contribution is 7.98. The Bertz CT molecular complexity index is 380. The largest absolute Gasteiger partial charge is 0.388 e. The van der Waals surface area contributed by atoms with Crippen LogP contribution in [-0.4, -0.2) is 11.4 Å². The molecule has 100 valence electrons. The van der Waals surface area contributed by atoms with Crippen LogP contribution in [0.4, 0.5) is 0 Å². The third-order valence-electron chi connectivity index (χ3n) is 4.12. The molecule has 0 aromatic heterocycles. The molecule has 1 aromatic carbocycles. The SMILES string of the molecule is CSc1ccccc1C(O)C1CC(C)CC(C)C1. The molecule has 2 rings (SSSR count). The van der Waals surface area contributed by atoms with Crippen molar-refractivity contribution >= 4 is 11.8 Å². The Morgan fingerprint density at radius 3 is 2.33 bits per heavy atom. The summed E-state index contributed by atoms with van der Waals surface area (Å²) in [6.45, 7) is 4.63. The van der Waals surface area contributed by atoms with Crippen molar-refractivity contribution in [1.29, 1.82) is 0 Å². The van der Waals surface area contributed by atoms with Crippen LogP contribution in [0.5, 0.6) is 0 Å². The molecule has 1 fully saturated rings. The molecule has 1 aliphatic rings. The lowest BCUT2D eigenvalue weighted by Crippen LogP contribution is -2.25. The van der Waals surface area contributed by atoms with Gasteiger partial charge in [-0.1, -0.05) is 32.0 Å². The minimum Gasteiger partial charge on any atom is -0.388 e. The van der Waals surface area contributed by atoms with Crippen molar-refractivity contribution in [2.24, 2.45) is 17.8 Å². The highest BCUT2D eigenvalue weighted by Crippen LogP contribution is 2.41. The number of hydrogen-bond acceptors (Lipinski definition) is 2. The Kier molecular flexibility index (Phi) is 4.74. The van der Waals surface area contributed by atoms with Crippen molar-refractivity contribution in [2.45, 2.75) is 44.1 Å². The van der Waals surface area contributed by atoms with E-state index in [-0.39, 0.29) is 6.10 Å². The average molecular weight is 264 g/mol. The van der Waals surface area contributed by atoms with Crippen molar-refractivity contribution in [3.63, 3.8) is 0 Å². The average Bonchev–Trinajstić information content (AvgIpc) is 2.36. The van der Waals surface area contributed by atoms with Gasteiger partial charge in [0.2, 0.25) is 0 Å². The molecule has 0 saturated heterocycles. The molecular weight excluding hydrogens is 240 g/mol. The van der Waals surface area contributed by atoms with Crippen LogP contribution in [0.3, 0.4) is 0 Å². The number of aliphatic hydroxyl groups is 1. The summed E-state index contributed by atoms with van der Waals surface area (Å²) in [4.78, 5) is 1.22. The van der Waals surface area contributed by atoms with E-state index in [4.69, 9.17) is 0 Å². The third-order valence-corrected chi connectivity index (χ3v) is 4.93. The third kappa shape index (κ3) is 3.10. The van der Waals surface area contributed by atoms with Crippen LogP contribution >= 0.6 is 11.8 Å². The van der Waals surface area contributed by atoms with E-state index < -0.39 is 0 Å². The van der Waals surface area contributed by atoms with Gasteiger partial charge in [0.1, 0.15) is 0 Å². The highest BCUT2D eigenvalue weighted by atomic mass is 32.2. The van der Waals surface area contributed by atoms with E-state index in [9.17, 15) is 5.11 Å². The predicted octanol–water partition coefficient (Wildman–Crippen LogP) is 4.51. The molecule has 3 unspecified atom stereocenters. The van der Waals surface area contributed by atoms with Gasteiger partial charge in [-0.15, -0.1) is 11.8 Å². The first-order valence-corrected chi connectivity index (χ1v) is 8.15. The molecule has 1 saturated carbocycles. The van der Waals surface area contributed by atoms with E-state index in [2.05, 4.69) is 32.2 Å². The van der Waals surface area contributed by atoms with E-state index in [0.717, 1.165) is 30.2 Å². The number of aliphatic hydroxyl groups excluding tert-OH is 1. The van der Waals surface area contributed by atoms with Crippen molar-refractivity contribution < 1.29 is 5.11 Å². The summed E-state index contributed by atoms with van der Waals surface area (Å²) >= 11 is 1.73. The molecular formula is C16H24OS. The highest BCUT2D eigenvalue weighted by Gasteiger charge is 2.30. The lowest BCUT2D eigenvalue weighted by atomic mass is 9.73. The Morgan fingerprint density at radius 2 is 1.72 bits per heavy atom. The zero-order valence-electron chi connectivity index (χ0n) is 11.6. The van der Waals surface area contributed by atoms with Crippen LogP contribution in [0, 0.1) is 17.8 Å². The van der Waals surface area contributed by atoms with Gasteiger partial charge in [0, 0.05) is 4.90 Å². The first-order chi connectivity index (χ1) is 8.61. The van der Waals surface area contributed by atoms with E-state index >= 15 is 0 Å². The molecule has 0 spiro atoms. The second-order valence-electron chi connectivity index (χ2n) is 5.86. The van der Waals surface area contributed by atoms with Crippen molar-refractivity contribution in [1.82, 2.24) is 0 Å². The van der Waals surface area contributed by atoms with Gasteiger partial charge in [0.15, 0.2) is 0 Å². The van der Waals surface area contributed by atoms with Crippen LogP contribution < -0.4 is 0 Å². The molecule has 18 heavy (non-hydrogen) atoms. The smallest absolute Gasteiger partial charge is 0.0829 e. The van der Waals surface area contributed by atoms with Gasteiger partial charge in [-0.3, -0.25) is 0 Å².